The van der Waals surface area contributed by atoms with Crippen LogP contribution in [0.25, 0.3) is 0 Å². The van der Waals surface area contributed by atoms with Crippen molar-refractivity contribution in [1.29, 1.82) is 0 Å². The van der Waals surface area contributed by atoms with Crippen LogP contribution in [0, 0.1) is 0 Å². The Balaban J connectivity index is 7.00. The summed E-state index contributed by atoms with van der Waals surface area (Å²) in [4.78, 5) is 0. The van der Waals surface area contributed by atoms with Crippen LogP contribution in [0.2, 0.25) is 0 Å². The van der Waals surface area contributed by atoms with Crippen molar-refractivity contribution in [3.8, 4) is 0 Å². The molecule has 0 heterocycles. The van der Waals surface area contributed by atoms with Gasteiger partial charge in [0.05, 0.1) is 5.48 Å². The van der Waals surface area contributed by atoms with Gasteiger partial charge in [-0.3, -0.25) is 0 Å². The van der Waals surface area contributed by atoms with E-state index in [0.29, 0.717) is 0 Å². The first-order valence-corrected chi connectivity index (χ1v) is 2.70. The van der Waals surface area contributed by atoms with Crippen molar-refractivity contribution >= 4 is 0 Å². The highest BCUT2D eigenvalue weighted by atomic mass is 16.3. The third-order valence-corrected chi connectivity index (χ3v) is 0.549. The summed E-state index contributed by atoms with van der Waals surface area (Å²) < 4.78 is 150. The van der Waals surface area contributed by atoms with E-state index in [9.17, 15) is 10.2 Å². The molecule has 0 aliphatic heterocycles. The van der Waals surface area contributed by atoms with Crippen LogP contribution >= 0.6 is 0 Å². The first kappa shape index (κ1) is 1.49. The van der Waals surface area contributed by atoms with Gasteiger partial charge < -0.3 is 10.2 Å². The van der Waals surface area contributed by atoms with Crippen LogP contribution in [0.4, 0.5) is 0 Å². The molecule has 2 nitrogen and oxygen atoms in total. The first-order chi connectivity index (χ1) is 13.2. The lowest BCUT2D eigenvalue weighted by atomic mass is 10.1. The Morgan fingerprint density at radius 3 is 1.08 bits per heavy atom. The molecule has 0 unspecified atom stereocenters. The number of rotatable bonds is 9. The van der Waals surface area contributed by atoms with E-state index >= 15 is 0 Å². The predicted octanol–water partition coefficient (Wildman–Crippen LogP) is 2.09. The number of hydrogen-bond donors (Lipinski definition) is 2. The first-order valence-electron chi connectivity index (χ1n) is 12.7. The van der Waals surface area contributed by atoms with Crippen LogP contribution in [0.15, 0.2) is 0 Å². The van der Waals surface area contributed by atoms with Crippen LogP contribution in [0.3, 0.4) is 0 Å². The molecule has 74 valence electrons. The summed E-state index contributed by atoms with van der Waals surface area (Å²) in [6, 6.07) is 0. The second kappa shape index (κ2) is 10.9. The summed E-state index contributed by atoms with van der Waals surface area (Å²) in [5.41, 5.74) is 0. The largest absolute Gasteiger partial charge is 0.396 e. The van der Waals surface area contributed by atoms with E-state index in [1.54, 1.807) is 0 Å². The van der Waals surface area contributed by atoms with Crippen molar-refractivity contribution in [2.24, 2.45) is 0 Å². The molecule has 0 rings (SSSR count). The normalized spacial score (nSPS) is 47.2. The topological polar surface area (TPSA) is 40.5 Å². The fraction of sp³-hybridized carbons (Fsp3) is 1.00. The van der Waals surface area contributed by atoms with E-state index in [1.807, 2.05) is 0 Å². The third kappa shape index (κ3) is 9.92. The third-order valence-electron chi connectivity index (χ3n) is 0.549. The van der Waals surface area contributed by atoms with Crippen molar-refractivity contribution in [1.82, 2.24) is 0 Å². The van der Waals surface area contributed by atoms with Crippen molar-refractivity contribution in [2.75, 3.05) is 13.1 Å². The van der Waals surface area contributed by atoms with Crippen molar-refractivity contribution in [2.45, 2.75) is 51.0 Å². The zero-order valence-corrected chi connectivity index (χ0v) is 5.89. The maximum Gasteiger partial charge on any atom is 0.0564 e. The van der Waals surface area contributed by atoms with Crippen molar-refractivity contribution in [3.63, 3.8) is 0 Å². The van der Waals surface area contributed by atoms with Gasteiger partial charge in [0.25, 0.3) is 0 Å². The zero-order chi connectivity index (χ0) is 27.0. The van der Waals surface area contributed by atoms with Gasteiger partial charge in [0, 0.05) is 35.1 Å². The van der Waals surface area contributed by atoms with Crippen LogP contribution < -0.4 is 0 Å². The molecule has 0 spiro atoms. The molecule has 0 radical (unpaired) electrons. The predicted molar refractivity (Wildman–Crippen MR) is 51.1 cm³/mol. The van der Waals surface area contributed by atoms with Gasteiger partial charge in [-0.15, -0.1) is 0 Å². The molecule has 0 aliphatic carbocycles. The van der Waals surface area contributed by atoms with Gasteiger partial charge in [0.2, 0.25) is 0 Å². The molecule has 0 saturated carbocycles. The Labute approximate surface area is 104 Å². The molecular weight excluding hydrogens is 152 g/mol. The van der Waals surface area contributed by atoms with E-state index in [1.165, 1.54) is 0 Å². The van der Waals surface area contributed by atoms with Crippen LogP contribution in [-0.2, 0) is 0 Å². The molecule has 0 bridgehead atoms. The number of aliphatic hydroxyl groups is 2. The minimum atomic E-state index is -4.63. The maximum absolute atomic E-state index is 9.28. The van der Waals surface area contributed by atoms with Crippen molar-refractivity contribution < 1.29 is 37.6 Å². The van der Waals surface area contributed by atoms with E-state index < -0.39 is 64.1 Å². The Morgan fingerprint density at radius 1 is 0.583 bits per heavy atom. The van der Waals surface area contributed by atoms with E-state index in [4.69, 9.17) is 27.4 Å². The van der Waals surface area contributed by atoms with Crippen LogP contribution in [-0.4, -0.2) is 23.3 Å². The van der Waals surface area contributed by atoms with Gasteiger partial charge in [-0.05, 0) is 12.7 Å². The average molecular weight is 194 g/mol. The lowest BCUT2D eigenvalue weighted by molar-refractivity contribution is 0.279. The Bertz CT molecular complexity index is 636. The molecule has 0 saturated heterocycles. The molecule has 0 atom stereocenters. The van der Waals surface area contributed by atoms with Gasteiger partial charge in [-0.2, -0.15) is 0 Å². The summed E-state index contributed by atoms with van der Waals surface area (Å²) in [6.45, 7) is -8.32. The SMILES string of the molecule is [2H]C([2H])(O)C([2H])([2H])C([2H])([2H])C([2H])([2H])C([2H])([2H])C([2H])([2H])C([2H])([2H])C([2H])([2H])C([2H])([2H])C([2H])([2H])O. The highest BCUT2D eigenvalue weighted by molar-refractivity contribution is 4.45. The van der Waals surface area contributed by atoms with E-state index in [-0.39, 0.29) is 0 Å². The summed E-state index contributed by atoms with van der Waals surface area (Å²) >= 11 is 0. The van der Waals surface area contributed by atoms with Gasteiger partial charge >= 0.3 is 0 Å². The number of hydrogen-bond acceptors (Lipinski definition) is 2. The molecule has 0 aliphatic rings. The molecule has 0 amide bonds. The molecule has 2 heteroatoms. The van der Waals surface area contributed by atoms with Crippen LogP contribution in [0.1, 0.15) is 78.4 Å². The molecule has 12 heavy (non-hydrogen) atoms. The van der Waals surface area contributed by atoms with Gasteiger partial charge in [0.1, 0.15) is 0 Å². The fourth-order valence-corrected chi connectivity index (χ4v) is 0.243. The monoisotopic (exact) mass is 194 g/mol. The Morgan fingerprint density at radius 2 is 0.833 bits per heavy atom. The van der Waals surface area contributed by atoms with Gasteiger partial charge in [0.15, 0.2) is 0 Å². The summed E-state index contributed by atoms with van der Waals surface area (Å²) in [7, 11) is 0. The quantitative estimate of drug-likeness (QED) is 0.590. The zero-order valence-electron chi connectivity index (χ0n) is 25.9. The Kier molecular flexibility index (Phi) is 1.35. The molecule has 0 aromatic carbocycles. The lowest BCUT2D eigenvalue weighted by Gasteiger charge is -1.99. The fourth-order valence-electron chi connectivity index (χ4n) is 0.243. The highest BCUT2D eigenvalue weighted by Crippen LogP contribution is 2.07. The summed E-state index contributed by atoms with van der Waals surface area (Å²) in [5.74, 6) is 0. The summed E-state index contributed by atoms with van der Waals surface area (Å²) in [5, 5.41) is 18.6. The van der Waals surface area contributed by atoms with E-state index in [2.05, 4.69) is 0 Å². The lowest BCUT2D eigenvalue weighted by Crippen LogP contribution is -1.85. The molecule has 0 aromatic heterocycles. The molecule has 2 N–H and O–H groups in total. The maximum atomic E-state index is 9.28. The highest BCUT2D eigenvalue weighted by Gasteiger charge is 1.90. The second-order valence-electron chi connectivity index (χ2n) is 1.22. The molecule has 0 aromatic rings. The minimum Gasteiger partial charge on any atom is -0.396 e. The average Bonchev–Trinajstić information content (AvgIpc) is 2.51. The Hall–Kier alpha value is -0.0800. The van der Waals surface area contributed by atoms with Gasteiger partial charge in [-0.25, -0.2) is 0 Å². The van der Waals surface area contributed by atoms with Crippen LogP contribution in [0.5, 0.6) is 0 Å². The smallest absolute Gasteiger partial charge is 0.0564 e. The van der Waals surface area contributed by atoms with Gasteiger partial charge in [-0.1, -0.05) is 38.2 Å². The minimum absolute atomic E-state index is 4.16. The molecule has 0 fully saturated rings. The standard InChI is InChI=1S/C10H22O2/c11-9-7-5-3-1-2-4-6-8-10-12/h11-12H,1-10H2/i1D2,2D2,3D2,4D2,5D2,6D2,7D2,8D2,9D2,10D2. The van der Waals surface area contributed by atoms with Crippen molar-refractivity contribution in [3.05, 3.63) is 0 Å². The second-order valence-corrected chi connectivity index (χ2v) is 1.22. The molecular formula is C10H22O2. The summed E-state index contributed by atoms with van der Waals surface area (Å²) in [6.07, 6.45) is -35.9. The van der Waals surface area contributed by atoms with E-state index in [0.717, 1.165) is 0 Å².